The van der Waals surface area contributed by atoms with Gasteiger partial charge in [-0.1, -0.05) is 0 Å². The summed E-state index contributed by atoms with van der Waals surface area (Å²) >= 11 is 0. The summed E-state index contributed by atoms with van der Waals surface area (Å²) in [4.78, 5) is 14.6. The Hall–Kier alpha value is -2.50. The number of aryl methyl sites for hydroxylation is 1. The largest absolute Gasteiger partial charge is 0.355 e. The summed E-state index contributed by atoms with van der Waals surface area (Å²) < 4.78 is 1.74. The van der Waals surface area contributed by atoms with Gasteiger partial charge in [-0.05, 0) is 24.6 Å². The molecule has 6 nitrogen and oxygen atoms in total. The van der Waals surface area contributed by atoms with Crippen molar-refractivity contribution in [3.8, 4) is 0 Å². The fraction of sp³-hybridized carbons (Fsp3) is 0.231. The Morgan fingerprint density at radius 3 is 2.84 bits per heavy atom. The maximum absolute atomic E-state index is 4.34. The van der Waals surface area contributed by atoms with Gasteiger partial charge in [0.2, 0.25) is 0 Å². The van der Waals surface area contributed by atoms with Crippen LogP contribution in [0.4, 0.5) is 5.82 Å². The van der Waals surface area contributed by atoms with E-state index in [1.165, 1.54) is 11.9 Å². The number of aromatic nitrogens is 5. The van der Waals surface area contributed by atoms with Crippen molar-refractivity contribution in [2.45, 2.75) is 13.5 Å². The van der Waals surface area contributed by atoms with Crippen molar-refractivity contribution in [2.24, 2.45) is 0 Å². The van der Waals surface area contributed by atoms with Gasteiger partial charge in [-0.15, -0.1) is 0 Å². The summed E-state index contributed by atoms with van der Waals surface area (Å²) in [6, 6.07) is 6.01. The number of rotatable bonds is 3. The predicted molar refractivity (Wildman–Crippen MR) is 71.9 cm³/mol. The van der Waals surface area contributed by atoms with Gasteiger partial charge < -0.3 is 4.90 Å². The molecular weight excluding hydrogens is 240 g/mol. The quantitative estimate of drug-likeness (QED) is 0.708. The first-order valence-corrected chi connectivity index (χ1v) is 6.01. The third-order valence-corrected chi connectivity index (χ3v) is 2.92. The third-order valence-electron chi connectivity index (χ3n) is 2.92. The average Bonchev–Trinajstić information content (AvgIpc) is 2.86. The zero-order valence-corrected chi connectivity index (χ0v) is 10.9. The summed E-state index contributed by atoms with van der Waals surface area (Å²) in [7, 11) is 2.02. The van der Waals surface area contributed by atoms with Gasteiger partial charge in [-0.2, -0.15) is 14.6 Å². The Morgan fingerprint density at radius 1 is 1.26 bits per heavy atom. The fourth-order valence-corrected chi connectivity index (χ4v) is 2.03. The van der Waals surface area contributed by atoms with Crippen molar-refractivity contribution in [2.75, 3.05) is 11.9 Å². The van der Waals surface area contributed by atoms with E-state index in [4.69, 9.17) is 0 Å². The Labute approximate surface area is 110 Å². The van der Waals surface area contributed by atoms with Gasteiger partial charge in [-0.3, -0.25) is 4.98 Å². The van der Waals surface area contributed by atoms with Crippen LogP contribution in [0.1, 0.15) is 11.3 Å². The van der Waals surface area contributed by atoms with Crippen LogP contribution >= 0.6 is 0 Å². The third kappa shape index (κ3) is 2.24. The molecule has 0 radical (unpaired) electrons. The molecular formula is C13H14N6. The van der Waals surface area contributed by atoms with E-state index >= 15 is 0 Å². The second kappa shape index (κ2) is 4.64. The highest BCUT2D eigenvalue weighted by Gasteiger charge is 2.10. The van der Waals surface area contributed by atoms with Crippen molar-refractivity contribution in [3.63, 3.8) is 0 Å². The highest BCUT2D eigenvalue weighted by atomic mass is 15.4. The molecule has 0 amide bonds. The van der Waals surface area contributed by atoms with Gasteiger partial charge in [0.25, 0.3) is 5.78 Å². The molecule has 0 aliphatic carbocycles. The van der Waals surface area contributed by atoms with Gasteiger partial charge in [0.15, 0.2) is 0 Å². The molecule has 96 valence electrons. The minimum Gasteiger partial charge on any atom is -0.355 e. The van der Waals surface area contributed by atoms with E-state index in [1.807, 2.05) is 32.2 Å². The maximum atomic E-state index is 4.34. The highest BCUT2D eigenvalue weighted by Crippen LogP contribution is 2.16. The van der Waals surface area contributed by atoms with Crippen LogP contribution in [0.5, 0.6) is 0 Å². The molecule has 0 atom stereocenters. The van der Waals surface area contributed by atoms with E-state index < -0.39 is 0 Å². The topological polar surface area (TPSA) is 59.2 Å². The molecule has 3 heterocycles. The van der Waals surface area contributed by atoms with Crippen molar-refractivity contribution >= 4 is 11.6 Å². The van der Waals surface area contributed by atoms with Crippen LogP contribution in [0.15, 0.2) is 36.9 Å². The number of anilines is 1. The van der Waals surface area contributed by atoms with Crippen LogP contribution in [0.3, 0.4) is 0 Å². The predicted octanol–water partition coefficient (Wildman–Crippen LogP) is 1.46. The number of pyridine rings is 1. The van der Waals surface area contributed by atoms with E-state index in [0.29, 0.717) is 5.78 Å². The molecule has 0 bridgehead atoms. The van der Waals surface area contributed by atoms with E-state index in [1.54, 1.807) is 16.9 Å². The summed E-state index contributed by atoms with van der Waals surface area (Å²) in [6.45, 7) is 2.74. The normalized spacial score (nSPS) is 10.8. The lowest BCUT2D eigenvalue weighted by molar-refractivity contribution is 0.826. The Kier molecular flexibility index (Phi) is 2.83. The minimum absolute atomic E-state index is 0.622. The maximum Gasteiger partial charge on any atom is 0.254 e. The number of hydrogen-bond acceptors (Lipinski definition) is 5. The minimum atomic E-state index is 0.622. The Bertz CT molecular complexity index is 691. The summed E-state index contributed by atoms with van der Waals surface area (Å²) in [6.07, 6.45) is 5.11. The first kappa shape index (κ1) is 11.6. The van der Waals surface area contributed by atoms with Crippen LogP contribution in [0.25, 0.3) is 5.78 Å². The van der Waals surface area contributed by atoms with Gasteiger partial charge in [0.1, 0.15) is 12.1 Å². The van der Waals surface area contributed by atoms with Gasteiger partial charge in [0.05, 0.1) is 0 Å². The standard InChI is InChI=1S/C13H14N6/c1-10-7-12(19-13(17-10)15-9-16-19)18(2)8-11-3-5-14-6-4-11/h3-7,9H,8H2,1-2H3. The number of fused-ring (bicyclic) bond motifs is 1. The molecule has 0 saturated carbocycles. The van der Waals surface area contributed by atoms with E-state index in [0.717, 1.165) is 18.1 Å². The van der Waals surface area contributed by atoms with Crippen LogP contribution in [0.2, 0.25) is 0 Å². The summed E-state index contributed by atoms with van der Waals surface area (Å²) in [5.41, 5.74) is 2.12. The Balaban J connectivity index is 1.97. The molecule has 0 fully saturated rings. The Morgan fingerprint density at radius 2 is 2.05 bits per heavy atom. The molecule has 3 aromatic rings. The molecule has 6 heteroatoms. The smallest absolute Gasteiger partial charge is 0.254 e. The van der Waals surface area contributed by atoms with Crippen molar-refractivity contribution in [3.05, 3.63) is 48.2 Å². The van der Waals surface area contributed by atoms with Crippen molar-refractivity contribution in [1.29, 1.82) is 0 Å². The zero-order valence-electron chi connectivity index (χ0n) is 10.9. The molecule has 0 aliphatic heterocycles. The molecule has 3 aromatic heterocycles. The highest BCUT2D eigenvalue weighted by molar-refractivity contribution is 5.46. The van der Waals surface area contributed by atoms with Gasteiger partial charge in [0, 0.05) is 37.7 Å². The molecule has 0 aliphatic rings. The summed E-state index contributed by atoms with van der Waals surface area (Å²) in [5, 5.41) is 4.21. The van der Waals surface area contributed by atoms with E-state index in [2.05, 4.69) is 25.0 Å². The molecule has 0 spiro atoms. The zero-order chi connectivity index (χ0) is 13.2. The van der Waals surface area contributed by atoms with E-state index in [-0.39, 0.29) is 0 Å². The fourth-order valence-electron chi connectivity index (χ4n) is 2.03. The van der Waals surface area contributed by atoms with Gasteiger partial charge >= 0.3 is 0 Å². The first-order chi connectivity index (χ1) is 9.24. The van der Waals surface area contributed by atoms with Crippen LogP contribution in [-0.4, -0.2) is 31.6 Å². The average molecular weight is 254 g/mol. The molecule has 0 saturated heterocycles. The van der Waals surface area contributed by atoms with Crippen molar-refractivity contribution in [1.82, 2.24) is 24.6 Å². The van der Waals surface area contributed by atoms with E-state index in [9.17, 15) is 0 Å². The molecule has 3 rings (SSSR count). The molecule has 0 aromatic carbocycles. The SMILES string of the molecule is Cc1cc(N(C)Cc2ccncc2)n2ncnc2n1. The van der Waals surface area contributed by atoms with Crippen LogP contribution < -0.4 is 4.90 Å². The second-order valence-corrected chi connectivity index (χ2v) is 4.44. The monoisotopic (exact) mass is 254 g/mol. The number of nitrogens with zero attached hydrogens (tertiary/aromatic N) is 6. The lowest BCUT2D eigenvalue weighted by Crippen LogP contribution is -2.20. The van der Waals surface area contributed by atoms with Crippen LogP contribution in [-0.2, 0) is 6.54 Å². The van der Waals surface area contributed by atoms with Gasteiger partial charge in [-0.25, -0.2) is 4.98 Å². The number of hydrogen-bond donors (Lipinski definition) is 0. The molecule has 0 unspecified atom stereocenters. The van der Waals surface area contributed by atoms with Crippen LogP contribution in [0, 0.1) is 6.92 Å². The van der Waals surface area contributed by atoms with Crippen molar-refractivity contribution < 1.29 is 0 Å². The second-order valence-electron chi connectivity index (χ2n) is 4.44. The molecule has 19 heavy (non-hydrogen) atoms. The first-order valence-electron chi connectivity index (χ1n) is 6.01. The molecule has 0 N–H and O–H groups in total. The lowest BCUT2D eigenvalue weighted by atomic mass is 10.2. The lowest BCUT2D eigenvalue weighted by Gasteiger charge is -2.20. The summed E-state index contributed by atoms with van der Waals surface area (Å²) in [5.74, 6) is 1.59.